The molecule has 2 saturated heterocycles. The van der Waals surface area contributed by atoms with Crippen LogP contribution in [0, 0.1) is 18.7 Å². The number of fused-ring (bicyclic) bond motifs is 1. The fourth-order valence-corrected chi connectivity index (χ4v) is 5.07. The quantitative estimate of drug-likeness (QED) is 0.433. The minimum Gasteiger partial charge on any atom is -0.380 e. The number of rotatable bonds is 8. The van der Waals surface area contributed by atoms with Crippen molar-refractivity contribution < 1.29 is 27.4 Å². The van der Waals surface area contributed by atoms with Gasteiger partial charge in [0.15, 0.2) is 5.82 Å². The number of pyridine rings is 1. The predicted molar refractivity (Wildman–Crippen MR) is 142 cm³/mol. The molecule has 4 heterocycles. The molecule has 0 unspecified atom stereocenters. The number of methoxy groups -OCH3 is 1. The number of aromatic nitrogens is 3. The smallest absolute Gasteiger partial charge is 0.298 e. The average molecular weight is 561 g/mol. The van der Waals surface area contributed by atoms with E-state index in [9.17, 15) is 18.4 Å². The Morgan fingerprint density at radius 3 is 2.62 bits per heavy atom. The Balaban J connectivity index is 1.41. The zero-order valence-corrected chi connectivity index (χ0v) is 22.5. The molecule has 0 saturated carbocycles. The summed E-state index contributed by atoms with van der Waals surface area (Å²) in [6.07, 6.45) is 0. The number of ether oxygens (including phenoxy) is 2. The number of carbonyl (C=O) groups is 1. The first kappa shape index (κ1) is 27.8. The van der Waals surface area contributed by atoms with Crippen LogP contribution in [0.3, 0.4) is 0 Å². The molecule has 1 aromatic carbocycles. The van der Waals surface area contributed by atoms with Gasteiger partial charge in [-0.05, 0) is 26.0 Å². The molecule has 2 fully saturated rings. The average Bonchev–Trinajstić information content (AvgIpc) is 2.89. The van der Waals surface area contributed by atoms with E-state index in [-0.39, 0.29) is 28.8 Å². The first-order valence-corrected chi connectivity index (χ1v) is 13.0. The van der Waals surface area contributed by atoms with Crippen molar-refractivity contribution in [1.82, 2.24) is 20.1 Å². The Morgan fingerprint density at radius 1 is 1.25 bits per heavy atom. The number of H-pyrrole nitrogens is 1. The van der Waals surface area contributed by atoms with Crippen LogP contribution < -0.4 is 15.8 Å². The minimum atomic E-state index is -3.50. The first-order valence-electron chi connectivity index (χ1n) is 13.0. The Morgan fingerprint density at radius 2 is 1.98 bits per heavy atom. The lowest BCUT2D eigenvalue weighted by molar-refractivity contribution is -0.150. The van der Waals surface area contributed by atoms with Crippen molar-refractivity contribution in [3.05, 3.63) is 57.3 Å². The van der Waals surface area contributed by atoms with Gasteiger partial charge in [0.2, 0.25) is 5.91 Å². The Hall–Kier alpha value is -3.71. The molecule has 0 aliphatic carbocycles. The lowest BCUT2D eigenvalue weighted by Crippen LogP contribution is -2.53. The summed E-state index contributed by atoms with van der Waals surface area (Å²) in [6.45, 7) is 5.17. The second kappa shape index (κ2) is 11.0. The summed E-state index contributed by atoms with van der Waals surface area (Å²) in [5.74, 6) is -4.30. The molecule has 1 atom stereocenters. The van der Waals surface area contributed by atoms with Gasteiger partial charge in [0.05, 0.1) is 41.9 Å². The molecule has 5 rings (SSSR count). The third-order valence-electron chi connectivity index (χ3n) is 7.43. The van der Waals surface area contributed by atoms with Crippen molar-refractivity contribution in [2.75, 3.05) is 63.3 Å². The molecule has 2 N–H and O–H groups in total. The molecule has 2 aliphatic rings. The third-order valence-corrected chi connectivity index (χ3v) is 7.43. The number of nitrogens with one attached hydrogen (secondary N) is 2. The number of aryl methyl sites for hydroxylation is 1. The van der Waals surface area contributed by atoms with Crippen LogP contribution >= 0.6 is 0 Å². The number of carbonyl (C=O) groups excluding carboxylic acids is 1. The molecule has 0 radical (unpaired) electrons. The number of benzene rings is 1. The summed E-state index contributed by atoms with van der Waals surface area (Å²) in [5.41, 5.74) is 0.303. The minimum absolute atomic E-state index is 0.0195. The second-order valence-corrected chi connectivity index (χ2v) is 10.2. The van der Waals surface area contributed by atoms with Gasteiger partial charge in [-0.15, -0.1) is 5.10 Å². The molecule has 0 bridgehead atoms. The number of nitrogens with zero attached hydrogens (tertiary/aromatic N) is 4. The maximum atomic E-state index is 15.2. The number of aromatic amines is 1. The number of amides is 1. The van der Waals surface area contributed by atoms with Crippen LogP contribution in [0.15, 0.2) is 29.1 Å². The zero-order valence-electron chi connectivity index (χ0n) is 22.5. The van der Waals surface area contributed by atoms with E-state index in [1.807, 2.05) is 4.90 Å². The van der Waals surface area contributed by atoms with Gasteiger partial charge in [0.25, 0.3) is 11.5 Å². The van der Waals surface area contributed by atoms with Gasteiger partial charge < -0.3 is 29.6 Å². The molecule has 0 spiro atoms. The van der Waals surface area contributed by atoms with Crippen molar-refractivity contribution in [3.63, 3.8) is 0 Å². The summed E-state index contributed by atoms with van der Waals surface area (Å²) in [6, 6.07) is 4.76. The maximum Gasteiger partial charge on any atom is 0.298 e. The second-order valence-electron chi connectivity index (χ2n) is 10.2. The van der Waals surface area contributed by atoms with E-state index in [1.165, 1.54) is 12.1 Å². The highest BCUT2D eigenvalue weighted by Gasteiger charge is 2.36. The van der Waals surface area contributed by atoms with Crippen LogP contribution in [-0.4, -0.2) is 79.1 Å². The van der Waals surface area contributed by atoms with Gasteiger partial charge in [0, 0.05) is 44.2 Å². The van der Waals surface area contributed by atoms with Crippen molar-refractivity contribution in [2.45, 2.75) is 25.8 Å². The lowest BCUT2D eigenvalue weighted by Gasteiger charge is -2.38. The molecule has 40 heavy (non-hydrogen) atoms. The first-order chi connectivity index (χ1) is 19.1. The Bertz CT molecular complexity index is 1470. The van der Waals surface area contributed by atoms with Crippen LogP contribution in [0.25, 0.3) is 10.9 Å². The largest absolute Gasteiger partial charge is 0.380 e. The van der Waals surface area contributed by atoms with E-state index in [1.54, 1.807) is 24.8 Å². The molecule has 10 nitrogen and oxygen atoms in total. The van der Waals surface area contributed by atoms with E-state index >= 15 is 4.39 Å². The number of halogens is 3. The predicted octanol–water partition coefficient (Wildman–Crippen LogP) is 2.97. The summed E-state index contributed by atoms with van der Waals surface area (Å²) >= 11 is 0. The fourth-order valence-electron chi connectivity index (χ4n) is 5.07. The van der Waals surface area contributed by atoms with E-state index in [0.717, 1.165) is 13.2 Å². The van der Waals surface area contributed by atoms with Gasteiger partial charge in [-0.25, -0.2) is 4.39 Å². The number of piperazine rings is 1. The molecule has 2 aliphatic heterocycles. The number of alkyl halides is 2. The SMILES string of the molecule is COCC(F)(F)c1cccc([C@@H](C)Nc2nnc(C)c3[nH]c(=O)c(N4CCN(C(=O)C5COC5)CC4)cc23)c1F. The number of hydrogen-bond acceptors (Lipinski definition) is 8. The normalized spacial score (nSPS) is 17.1. The van der Waals surface area contributed by atoms with Crippen LogP contribution in [-0.2, 0) is 20.2 Å². The summed E-state index contributed by atoms with van der Waals surface area (Å²) in [7, 11) is 1.13. The van der Waals surface area contributed by atoms with Crippen LogP contribution in [0.5, 0.6) is 0 Å². The third kappa shape index (κ3) is 5.22. The van der Waals surface area contributed by atoms with E-state index in [4.69, 9.17) is 4.74 Å². The fraction of sp³-hybridized carbons (Fsp3) is 0.481. The van der Waals surface area contributed by atoms with Gasteiger partial charge in [-0.3, -0.25) is 9.59 Å². The monoisotopic (exact) mass is 560 g/mol. The van der Waals surface area contributed by atoms with Crippen LogP contribution in [0.1, 0.15) is 29.8 Å². The molecule has 214 valence electrons. The Labute approximate surface area is 228 Å². The standard InChI is InChI=1S/C27H31F3N6O4/c1-15(18-5-4-6-20(22(18)28)27(29,30)14-39-3)31-24-19-11-21(25(37)32-23(19)16(2)33-34-24)35-7-9-36(10-8-35)26(38)17-12-40-13-17/h4-6,11,15,17H,7-10,12-14H2,1-3H3,(H,31,34)(H,32,37)/t15-/m1/s1. The Kier molecular flexibility index (Phi) is 7.69. The molecular weight excluding hydrogens is 529 g/mol. The number of hydrogen-bond donors (Lipinski definition) is 2. The van der Waals surface area contributed by atoms with Gasteiger partial charge in [-0.2, -0.15) is 13.9 Å². The highest BCUT2D eigenvalue weighted by atomic mass is 19.3. The highest BCUT2D eigenvalue weighted by molar-refractivity contribution is 5.92. The van der Waals surface area contributed by atoms with Crippen LogP contribution in [0.4, 0.5) is 24.7 Å². The van der Waals surface area contributed by atoms with E-state index in [2.05, 4.69) is 25.2 Å². The van der Waals surface area contributed by atoms with Gasteiger partial charge in [-0.1, -0.05) is 12.1 Å². The van der Waals surface area contributed by atoms with Gasteiger partial charge >= 0.3 is 0 Å². The molecule has 3 aromatic rings. The van der Waals surface area contributed by atoms with Crippen molar-refractivity contribution in [3.8, 4) is 0 Å². The van der Waals surface area contributed by atoms with E-state index in [0.29, 0.717) is 61.7 Å². The van der Waals surface area contributed by atoms with Crippen molar-refractivity contribution in [2.24, 2.45) is 5.92 Å². The summed E-state index contributed by atoms with van der Waals surface area (Å²) in [5, 5.41) is 12.0. The molecule has 1 amide bonds. The zero-order chi connectivity index (χ0) is 28.6. The summed E-state index contributed by atoms with van der Waals surface area (Å²) < 4.78 is 53.9. The number of anilines is 2. The summed E-state index contributed by atoms with van der Waals surface area (Å²) in [4.78, 5) is 32.2. The topological polar surface area (TPSA) is 113 Å². The molecular formula is C27H31F3N6O4. The van der Waals surface area contributed by atoms with Crippen molar-refractivity contribution in [1.29, 1.82) is 0 Å². The highest BCUT2D eigenvalue weighted by Crippen LogP contribution is 2.34. The maximum absolute atomic E-state index is 15.2. The lowest BCUT2D eigenvalue weighted by atomic mass is 10.00. The molecule has 13 heteroatoms. The van der Waals surface area contributed by atoms with E-state index < -0.39 is 30.0 Å². The molecule has 2 aromatic heterocycles. The van der Waals surface area contributed by atoms with Crippen LogP contribution in [0.2, 0.25) is 0 Å². The van der Waals surface area contributed by atoms with Gasteiger partial charge in [0.1, 0.15) is 18.1 Å². The van der Waals surface area contributed by atoms with Crippen molar-refractivity contribution >= 4 is 28.3 Å².